The van der Waals surface area contributed by atoms with Crippen LogP contribution in [0.15, 0.2) is 53.4 Å². The summed E-state index contributed by atoms with van der Waals surface area (Å²) in [4.78, 5) is 32.3. The molecule has 1 saturated heterocycles. The first-order valence-electron chi connectivity index (χ1n) is 10.8. The standard InChI is InChI=1S/C24H35N3O5/c1-7-9-12-24(6)17-31-19(8-2)18(10-11-20(28)29)25-21(24)26-13-15-27(16-14-26)22(30)32-23(3,4)5/h7-10,12H,1,11,13-17H2,2-6H3,(H,28,29)/b12-9-,18-10+,19-8+/t24-/m0/s1. The molecule has 0 unspecified atom stereocenters. The minimum atomic E-state index is -0.936. The lowest BCUT2D eigenvalue weighted by atomic mass is 9.88. The highest BCUT2D eigenvalue weighted by atomic mass is 16.6. The predicted molar refractivity (Wildman–Crippen MR) is 124 cm³/mol. The Morgan fingerprint density at radius 2 is 1.94 bits per heavy atom. The Balaban J connectivity index is 2.35. The van der Waals surface area contributed by atoms with Gasteiger partial charge in [0.1, 0.15) is 29.5 Å². The molecule has 0 aromatic rings. The topological polar surface area (TPSA) is 91.7 Å². The number of amides is 1. The van der Waals surface area contributed by atoms with Crippen molar-refractivity contribution in [3.8, 4) is 0 Å². The number of aliphatic carboxylic acids is 1. The van der Waals surface area contributed by atoms with Gasteiger partial charge in [-0.25, -0.2) is 9.79 Å². The van der Waals surface area contributed by atoms with E-state index in [-0.39, 0.29) is 12.5 Å². The Hall–Kier alpha value is -3.03. The van der Waals surface area contributed by atoms with Crippen LogP contribution in [0, 0.1) is 5.41 Å². The maximum absolute atomic E-state index is 12.4. The van der Waals surface area contributed by atoms with Gasteiger partial charge in [-0.1, -0.05) is 24.8 Å². The minimum absolute atomic E-state index is 0.154. The molecular formula is C24H35N3O5. The molecule has 0 saturated carbocycles. The number of hydrogen-bond donors (Lipinski definition) is 1. The highest BCUT2D eigenvalue weighted by molar-refractivity contribution is 5.91. The van der Waals surface area contributed by atoms with Gasteiger partial charge in [-0.2, -0.15) is 0 Å². The van der Waals surface area contributed by atoms with Crippen molar-refractivity contribution in [3.63, 3.8) is 0 Å². The van der Waals surface area contributed by atoms with Crippen LogP contribution in [-0.2, 0) is 14.3 Å². The Kier molecular flexibility index (Phi) is 8.30. The van der Waals surface area contributed by atoms with Gasteiger partial charge in [0.2, 0.25) is 0 Å². The molecule has 0 bridgehead atoms. The summed E-state index contributed by atoms with van der Waals surface area (Å²) >= 11 is 0. The van der Waals surface area contributed by atoms with E-state index in [1.165, 1.54) is 0 Å². The average molecular weight is 446 g/mol. The van der Waals surface area contributed by atoms with Crippen molar-refractivity contribution < 1.29 is 24.2 Å². The number of rotatable bonds is 4. The van der Waals surface area contributed by atoms with Crippen LogP contribution in [-0.4, -0.2) is 71.2 Å². The monoisotopic (exact) mass is 445 g/mol. The fourth-order valence-electron chi connectivity index (χ4n) is 3.49. The summed E-state index contributed by atoms with van der Waals surface area (Å²) in [5, 5.41) is 9.13. The van der Waals surface area contributed by atoms with Crippen molar-refractivity contribution in [1.29, 1.82) is 0 Å². The molecular weight excluding hydrogens is 410 g/mol. The number of aliphatic imine (C=N–C) groups is 1. The number of allylic oxidation sites excluding steroid dienone is 3. The van der Waals surface area contributed by atoms with Crippen molar-refractivity contribution in [1.82, 2.24) is 9.80 Å². The third-order valence-corrected chi connectivity index (χ3v) is 5.08. The Labute approximate surface area is 190 Å². The van der Waals surface area contributed by atoms with E-state index >= 15 is 0 Å². The van der Waals surface area contributed by atoms with E-state index < -0.39 is 17.0 Å². The van der Waals surface area contributed by atoms with Crippen LogP contribution in [0.2, 0.25) is 0 Å². The number of ether oxygens (including phenoxy) is 2. The number of carbonyl (C=O) groups excluding carboxylic acids is 1. The predicted octanol–water partition coefficient (Wildman–Crippen LogP) is 3.98. The van der Waals surface area contributed by atoms with Crippen LogP contribution >= 0.6 is 0 Å². The van der Waals surface area contributed by atoms with E-state index in [1.807, 2.05) is 46.8 Å². The van der Waals surface area contributed by atoms with Crippen LogP contribution in [0.3, 0.4) is 0 Å². The van der Waals surface area contributed by atoms with Gasteiger partial charge in [0, 0.05) is 26.2 Å². The molecule has 2 heterocycles. The third-order valence-electron chi connectivity index (χ3n) is 5.08. The Morgan fingerprint density at radius 3 is 2.47 bits per heavy atom. The first-order chi connectivity index (χ1) is 15.0. The fourth-order valence-corrected chi connectivity index (χ4v) is 3.49. The highest BCUT2D eigenvalue weighted by Crippen LogP contribution is 2.32. The number of hydrogen-bond acceptors (Lipinski definition) is 6. The Morgan fingerprint density at radius 1 is 1.28 bits per heavy atom. The van der Waals surface area contributed by atoms with Gasteiger partial charge in [0.05, 0.1) is 11.8 Å². The van der Waals surface area contributed by atoms with Gasteiger partial charge in [0.15, 0.2) is 0 Å². The SMILES string of the molecule is C=C/C=C\[C@@]1(C)COC(=C/C)/C(=C\CC(=O)O)N=C1N1CCN(C(=O)OC(C)(C)C)CC1. The number of amidine groups is 1. The summed E-state index contributed by atoms with van der Waals surface area (Å²) in [6, 6.07) is 0. The van der Waals surface area contributed by atoms with Crippen LogP contribution < -0.4 is 0 Å². The largest absolute Gasteiger partial charge is 0.490 e. The zero-order chi connectivity index (χ0) is 23.9. The maximum atomic E-state index is 12.4. The van der Waals surface area contributed by atoms with Crippen LogP contribution in [0.25, 0.3) is 0 Å². The van der Waals surface area contributed by atoms with Gasteiger partial charge in [-0.05, 0) is 46.8 Å². The molecule has 0 radical (unpaired) electrons. The van der Waals surface area contributed by atoms with Crippen LogP contribution in [0.1, 0.15) is 41.0 Å². The summed E-state index contributed by atoms with van der Waals surface area (Å²) in [5.41, 5.74) is -0.609. The highest BCUT2D eigenvalue weighted by Gasteiger charge is 2.38. The van der Waals surface area contributed by atoms with Gasteiger partial charge in [-0.3, -0.25) is 4.79 Å². The van der Waals surface area contributed by atoms with Gasteiger partial charge < -0.3 is 24.4 Å². The first-order valence-corrected chi connectivity index (χ1v) is 10.8. The lowest BCUT2D eigenvalue weighted by molar-refractivity contribution is -0.136. The Bertz CT molecular complexity index is 842. The van der Waals surface area contributed by atoms with E-state index in [2.05, 4.69) is 11.5 Å². The van der Waals surface area contributed by atoms with E-state index in [0.717, 1.165) is 5.84 Å². The molecule has 176 valence electrons. The van der Waals surface area contributed by atoms with Gasteiger partial charge >= 0.3 is 12.1 Å². The lowest BCUT2D eigenvalue weighted by Crippen LogP contribution is -2.54. The molecule has 0 aliphatic carbocycles. The van der Waals surface area contributed by atoms with Gasteiger partial charge in [-0.15, -0.1) is 0 Å². The minimum Gasteiger partial charge on any atom is -0.490 e. The molecule has 8 nitrogen and oxygen atoms in total. The van der Waals surface area contributed by atoms with Crippen molar-refractivity contribution in [3.05, 3.63) is 48.4 Å². The van der Waals surface area contributed by atoms with Crippen molar-refractivity contribution in [2.45, 2.75) is 46.6 Å². The molecule has 2 aliphatic rings. The quantitative estimate of drug-likeness (QED) is 0.658. The van der Waals surface area contributed by atoms with Crippen molar-refractivity contribution in [2.75, 3.05) is 32.8 Å². The number of nitrogens with zero attached hydrogens (tertiary/aromatic N) is 3. The molecule has 8 heteroatoms. The van der Waals surface area contributed by atoms with Crippen molar-refractivity contribution in [2.24, 2.45) is 10.4 Å². The molecule has 2 aliphatic heterocycles. The summed E-state index contributed by atoms with van der Waals surface area (Å²) in [6.45, 7) is 15.7. The average Bonchev–Trinajstić information content (AvgIpc) is 2.86. The normalized spacial score (nSPS) is 24.8. The summed E-state index contributed by atoms with van der Waals surface area (Å²) < 4.78 is 11.5. The number of carboxylic acid groups (broad SMARTS) is 1. The first kappa shape index (κ1) is 25.2. The third kappa shape index (κ3) is 6.73. The molecule has 0 spiro atoms. The van der Waals surface area contributed by atoms with E-state index in [0.29, 0.717) is 44.2 Å². The van der Waals surface area contributed by atoms with E-state index in [4.69, 9.17) is 19.6 Å². The summed E-state index contributed by atoms with van der Waals surface area (Å²) in [6.07, 6.45) is 8.43. The van der Waals surface area contributed by atoms with Crippen LogP contribution in [0.5, 0.6) is 0 Å². The van der Waals surface area contributed by atoms with Gasteiger partial charge in [0.25, 0.3) is 0 Å². The number of carboxylic acids is 1. The lowest BCUT2D eigenvalue weighted by Gasteiger charge is -2.40. The second-order valence-electron chi connectivity index (χ2n) is 9.03. The molecule has 1 N–H and O–H groups in total. The number of carbonyl (C=O) groups is 2. The van der Waals surface area contributed by atoms with Crippen molar-refractivity contribution >= 4 is 17.9 Å². The molecule has 0 aromatic carbocycles. The summed E-state index contributed by atoms with van der Waals surface area (Å²) in [5.74, 6) is 0.383. The van der Waals surface area contributed by atoms with Crippen LogP contribution in [0.4, 0.5) is 4.79 Å². The maximum Gasteiger partial charge on any atom is 0.410 e. The molecule has 0 aromatic heterocycles. The second-order valence-corrected chi connectivity index (χ2v) is 9.03. The smallest absolute Gasteiger partial charge is 0.410 e. The van der Waals surface area contributed by atoms with E-state index in [1.54, 1.807) is 23.1 Å². The zero-order valence-electron chi connectivity index (χ0n) is 19.8. The molecule has 1 fully saturated rings. The fraction of sp³-hybridized carbons (Fsp3) is 0.542. The molecule has 32 heavy (non-hydrogen) atoms. The zero-order valence-corrected chi connectivity index (χ0v) is 19.8. The molecule has 2 rings (SSSR count). The van der Waals surface area contributed by atoms with E-state index in [9.17, 15) is 9.59 Å². The second kappa shape index (κ2) is 10.5. The molecule has 1 amide bonds. The number of piperazine rings is 1. The molecule has 1 atom stereocenters. The summed E-state index contributed by atoms with van der Waals surface area (Å²) in [7, 11) is 0.